The van der Waals surface area contributed by atoms with Gasteiger partial charge in [0.2, 0.25) is 6.08 Å². The van der Waals surface area contributed by atoms with Crippen molar-refractivity contribution >= 4 is 11.8 Å². The number of rotatable bonds is 2. The van der Waals surface area contributed by atoms with E-state index in [-0.39, 0.29) is 5.92 Å². The third-order valence-corrected chi connectivity index (χ3v) is 1.76. The Balaban J connectivity index is 2.94. The Morgan fingerprint density at radius 2 is 2.00 bits per heavy atom. The van der Waals surface area contributed by atoms with Crippen LogP contribution in [0.4, 0.5) is 5.69 Å². The minimum absolute atomic E-state index is 0.130. The van der Waals surface area contributed by atoms with Crippen molar-refractivity contribution in [2.45, 2.75) is 12.8 Å². The number of benzene rings is 1. The summed E-state index contributed by atoms with van der Waals surface area (Å²) in [6.45, 7) is 1.82. The molecule has 64 valence electrons. The van der Waals surface area contributed by atoms with E-state index in [2.05, 4.69) is 11.1 Å². The van der Waals surface area contributed by atoms with Gasteiger partial charge in [0.15, 0.2) is 0 Å². The Morgan fingerprint density at radius 1 is 1.38 bits per heavy atom. The normalized spacial score (nSPS) is 11.1. The highest BCUT2D eigenvalue weighted by molar-refractivity contribution is 5.49. The molecule has 0 aliphatic carbocycles. The Labute approximate surface area is 76.3 Å². The summed E-state index contributed by atoms with van der Waals surface area (Å²) in [5, 5.41) is 8.63. The smallest absolute Gasteiger partial charge is 0.211 e. The molecule has 1 atom stereocenters. The van der Waals surface area contributed by atoms with Gasteiger partial charge in [-0.3, -0.25) is 0 Å². The highest BCUT2D eigenvalue weighted by Crippen LogP contribution is 2.18. The second-order valence-corrected chi connectivity index (χ2v) is 2.65. The molecule has 0 aliphatic rings. The van der Waals surface area contributed by atoms with E-state index in [0.717, 1.165) is 5.56 Å². The number of hydrogen-bond donors (Lipinski definition) is 0. The summed E-state index contributed by atoms with van der Waals surface area (Å²) >= 11 is 0. The standard InChI is InChI=1S/C10H8N2O/c1-8(6-11)9-2-4-10(5-3-9)12-7-13/h2-5,8H,1H3. The molecule has 0 aliphatic heterocycles. The van der Waals surface area contributed by atoms with Crippen LogP contribution in [0.1, 0.15) is 18.4 Å². The van der Waals surface area contributed by atoms with Crippen LogP contribution in [0, 0.1) is 11.3 Å². The fourth-order valence-corrected chi connectivity index (χ4v) is 0.965. The molecule has 0 amide bonds. The van der Waals surface area contributed by atoms with Gasteiger partial charge in [0.1, 0.15) is 0 Å². The maximum Gasteiger partial charge on any atom is 0.240 e. The number of isocyanates is 1. The van der Waals surface area contributed by atoms with Gasteiger partial charge in [0.05, 0.1) is 17.7 Å². The van der Waals surface area contributed by atoms with E-state index in [1.165, 1.54) is 6.08 Å². The Bertz CT molecular complexity index is 369. The van der Waals surface area contributed by atoms with Crippen molar-refractivity contribution in [1.29, 1.82) is 5.26 Å². The van der Waals surface area contributed by atoms with Crippen LogP contribution in [-0.4, -0.2) is 6.08 Å². The summed E-state index contributed by atoms with van der Waals surface area (Å²) in [7, 11) is 0. The molecule has 3 nitrogen and oxygen atoms in total. The number of nitriles is 1. The van der Waals surface area contributed by atoms with Crippen molar-refractivity contribution in [2.75, 3.05) is 0 Å². The summed E-state index contributed by atoms with van der Waals surface area (Å²) in [6.07, 6.45) is 1.46. The number of hydrogen-bond acceptors (Lipinski definition) is 3. The zero-order valence-corrected chi connectivity index (χ0v) is 7.19. The van der Waals surface area contributed by atoms with E-state index in [1.807, 2.05) is 6.92 Å². The van der Waals surface area contributed by atoms with Gasteiger partial charge in [-0.1, -0.05) is 12.1 Å². The van der Waals surface area contributed by atoms with Gasteiger partial charge in [-0.05, 0) is 24.6 Å². The van der Waals surface area contributed by atoms with Crippen LogP contribution in [0.5, 0.6) is 0 Å². The van der Waals surface area contributed by atoms with Crippen molar-refractivity contribution in [3.05, 3.63) is 29.8 Å². The molecular formula is C10H8N2O. The monoisotopic (exact) mass is 172 g/mol. The van der Waals surface area contributed by atoms with E-state index in [0.29, 0.717) is 5.69 Å². The maximum absolute atomic E-state index is 9.91. The lowest BCUT2D eigenvalue weighted by molar-refractivity contribution is 0.565. The maximum atomic E-state index is 9.91. The van der Waals surface area contributed by atoms with Crippen molar-refractivity contribution in [3.8, 4) is 6.07 Å². The van der Waals surface area contributed by atoms with Gasteiger partial charge in [-0.25, -0.2) is 4.79 Å². The molecule has 3 heteroatoms. The molecule has 0 fully saturated rings. The molecule has 0 heterocycles. The average Bonchev–Trinajstić information content (AvgIpc) is 2.18. The lowest BCUT2D eigenvalue weighted by atomic mass is 10.0. The van der Waals surface area contributed by atoms with Crippen molar-refractivity contribution in [2.24, 2.45) is 4.99 Å². The molecule has 1 unspecified atom stereocenters. The summed E-state index contributed by atoms with van der Waals surface area (Å²) in [5.74, 6) is -0.130. The molecular weight excluding hydrogens is 164 g/mol. The largest absolute Gasteiger partial charge is 0.240 e. The summed E-state index contributed by atoms with van der Waals surface area (Å²) in [6, 6.07) is 9.07. The molecule has 0 saturated heterocycles. The zero-order valence-electron chi connectivity index (χ0n) is 7.19. The molecule has 13 heavy (non-hydrogen) atoms. The van der Waals surface area contributed by atoms with Gasteiger partial charge < -0.3 is 0 Å². The molecule has 0 N–H and O–H groups in total. The number of carbonyl (C=O) groups excluding carboxylic acids is 1. The molecule has 1 aromatic rings. The first-order valence-corrected chi connectivity index (χ1v) is 3.85. The Morgan fingerprint density at radius 3 is 2.46 bits per heavy atom. The number of aliphatic imine (C=N–C) groups is 1. The quantitative estimate of drug-likeness (QED) is 0.507. The van der Waals surface area contributed by atoms with Crippen LogP contribution in [0.2, 0.25) is 0 Å². The van der Waals surface area contributed by atoms with Crippen molar-refractivity contribution < 1.29 is 4.79 Å². The molecule has 0 radical (unpaired) electrons. The van der Waals surface area contributed by atoms with E-state index in [9.17, 15) is 4.79 Å². The van der Waals surface area contributed by atoms with Crippen molar-refractivity contribution in [3.63, 3.8) is 0 Å². The fourth-order valence-electron chi connectivity index (χ4n) is 0.965. The lowest BCUT2D eigenvalue weighted by Crippen LogP contribution is -1.87. The third-order valence-electron chi connectivity index (χ3n) is 1.76. The lowest BCUT2D eigenvalue weighted by Gasteiger charge is -2.01. The van der Waals surface area contributed by atoms with Crippen LogP contribution in [-0.2, 0) is 4.79 Å². The van der Waals surface area contributed by atoms with Gasteiger partial charge in [0, 0.05) is 0 Å². The second-order valence-electron chi connectivity index (χ2n) is 2.65. The summed E-state index contributed by atoms with van der Waals surface area (Å²) in [5.41, 5.74) is 1.48. The van der Waals surface area contributed by atoms with E-state index in [4.69, 9.17) is 5.26 Å². The SMILES string of the molecule is CC(C#N)c1ccc(N=C=O)cc1. The fraction of sp³-hybridized carbons (Fsp3) is 0.200. The minimum atomic E-state index is -0.130. The van der Waals surface area contributed by atoms with Crippen LogP contribution in [0.15, 0.2) is 29.3 Å². The van der Waals surface area contributed by atoms with Gasteiger partial charge in [0.25, 0.3) is 0 Å². The van der Waals surface area contributed by atoms with Crippen LogP contribution >= 0.6 is 0 Å². The van der Waals surface area contributed by atoms with Gasteiger partial charge in [-0.15, -0.1) is 0 Å². The molecule has 0 spiro atoms. The van der Waals surface area contributed by atoms with E-state index < -0.39 is 0 Å². The highest BCUT2D eigenvalue weighted by Gasteiger charge is 2.01. The first-order valence-electron chi connectivity index (χ1n) is 3.85. The first kappa shape index (κ1) is 9.18. The van der Waals surface area contributed by atoms with Gasteiger partial charge in [-0.2, -0.15) is 10.3 Å². The third kappa shape index (κ3) is 2.26. The number of nitrogens with zero attached hydrogens (tertiary/aromatic N) is 2. The average molecular weight is 172 g/mol. The Kier molecular flexibility index (Phi) is 2.97. The summed E-state index contributed by atoms with van der Waals surface area (Å²) in [4.78, 5) is 13.3. The predicted octanol–water partition coefficient (Wildman–Crippen LogP) is 2.28. The molecule has 1 rings (SSSR count). The second kappa shape index (κ2) is 4.20. The minimum Gasteiger partial charge on any atom is -0.211 e. The molecule has 0 saturated carbocycles. The van der Waals surface area contributed by atoms with Crippen LogP contribution < -0.4 is 0 Å². The summed E-state index contributed by atoms with van der Waals surface area (Å²) < 4.78 is 0. The molecule has 0 bridgehead atoms. The highest BCUT2D eigenvalue weighted by atomic mass is 16.1. The van der Waals surface area contributed by atoms with E-state index in [1.54, 1.807) is 24.3 Å². The van der Waals surface area contributed by atoms with Crippen LogP contribution in [0.25, 0.3) is 0 Å². The Hall–Kier alpha value is -1.91. The van der Waals surface area contributed by atoms with Gasteiger partial charge >= 0.3 is 0 Å². The molecule has 0 aromatic heterocycles. The van der Waals surface area contributed by atoms with E-state index >= 15 is 0 Å². The topological polar surface area (TPSA) is 53.2 Å². The van der Waals surface area contributed by atoms with Crippen LogP contribution in [0.3, 0.4) is 0 Å². The first-order chi connectivity index (χ1) is 6.27. The molecule has 1 aromatic carbocycles. The van der Waals surface area contributed by atoms with Crippen molar-refractivity contribution in [1.82, 2.24) is 0 Å². The predicted molar refractivity (Wildman–Crippen MR) is 48.3 cm³/mol. The zero-order chi connectivity index (χ0) is 9.68.